The summed E-state index contributed by atoms with van der Waals surface area (Å²) >= 11 is 1.69. The number of allylic oxidation sites excluding steroid dienone is 3. The zero-order chi connectivity index (χ0) is 11.8. The van der Waals surface area contributed by atoms with E-state index in [1.54, 1.807) is 11.8 Å². The van der Waals surface area contributed by atoms with E-state index in [9.17, 15) is 4.79 Å². The molecule has 0 saturated carbocycles. The summed E-state index contributed by atoms with van der Waals surface area (Å²) in [6.07, 6.45) is 10.4. The molecule has 1 nitrogen and oxygen atoms in total. The van der Waals surface area contributed by atoms with Crippen LogP contribution in [-0.4, -0.2) is 12.0 Å². The molecule has 0 atom stereocenters. The number of aldehydes is 1. The fourth-order valence-electron chi connectivity index (χ4n) is 1.96. The van der Waals surface area contributed by atoms with Crippen LogP contribution in [0.4, 0.5) is 0 Å². The van der Waals surface area contributed by atoms with E-state index >= 15 is 0 Å². The molecule has 16 heavy (non-hydrogen) atoms. The number of carbonyl (C=O) groups excluding carboxylic acids is 1. The second kappa shape index (κ2) is 7.72. The molecule has 0 fully saturated rings. The van der Waals surface area contributed by atoms with Crippen LogP contribution in [0.25, 0.3) is 0 Å². The van der Waals surface area contributed by atoms with Crippen molar-refractivity contribution in [3.8, 4) is 0 Å². The highest BCUT2D eigenvalue weighted by atomic mass is 32.2. The van der Waals surface area contributed by atoms with Gasteiger partial charge in [-0.3, -0.25) is 4.79 Å². The maximum atomic E-state index is 11.0. The minimum absolute atomic E-state index is 0.975. The van der Waals surface area contributed by atoms with Crippen LogP contribution >= 0.6 is 11.8 Å². The van der Waals surface area contributed by atoms with E-state index < -0.39 is 0 Å². The summed E-state index contributed by atoms with van der Waals surface area (Å²) in [4.78, 5) is 12.0. The van der Waals surface area contributed by atoms with Crippen LogP contribution in [-0.2, 0) is 4.79 Å². The molecule has 0 bridgehead atoms. The third kappa shape index (κ3) is 3.82. The maximum absolute atomic E-state index is 11.0. The first-order chi connectivity index (χ1) is 7.83. The van der Waals surface area contributed by atoms with Crippen LogP contribution in [0.15, 0.2) is 22.1 Å². The SMILES string of the molecule is CCCCC1=CCSC(C=O)=C1CCCC. The highest BCUT2D eigenvalue weighted by Gasteiger charge is 2.15. The van der Waals surface area contributed by atoms with Gasteiger partial charge in [-0.05, 0) is 36.8 Å². The van der Waals surface area contributed by atoms with Crippen LogP contribution in [0.2, 0.25) is 0 Å². The van der Waals surface area contributed by atoms with Crippen molar-refractivity contribution in [3.05, 3.63) is 22.1 Å². The molecule has 0 radical (unpaired) electrons. The van der Waals surface area contributed by atoms with E-state index in [0.717, 1.165) is 29.8 Å². The van der Waals surface area contributed by atoms with Gasteiger partial charge in [0.05, 0.1) is 4.91 Å². The first-order valence-electron chi connectivity index (χ1n) is 6.34. The first kappa shape index (κ1) is 13.6. The van der Waals surface area contributed by atoms with Crippen molar-refractivity contribution < 1.29 is 4.79 Å². The van der Waals surface area contributed by atoms with Crippen molar-refractivity contribution >= 4 is 18.0 Å². The summed E-state index contributed by atoms with van der Waals surface area (Å²) in [5.41, 5.74) is 2.78. The molecule has 0 N–H and O–H groups in total. The molecule has 2 heteroatoms. The van der Waals surface area contributed by atoms with Gasteiger partial charge in [0.15, 0.2) is 6.29 Å². The fourth-order valence-corrected chi connectivity index (χ4v) is 2.90. The number of rotatable bonds is 7. The van der Waals surface area contributed by atoms with E-state index in [2.05, 4.69) is 19.9 Å². The number of carbonyl (C=O) groups is 1. The Kier molecular flexibility index (Phi) is 6.55. The van der Waals surface area contributed by atoms with Gasteiger partial charge in [-0.15, -0.1) is 11.8 Å². The number of thioether (sulfide) groups is 1. The summed E-state index contributed by atoms with van der Waals surface area (Å²) in [6.45, 7) is 4.42. The Morgan fingerprint density at radius 1 is 1.25 bits per heavy atom. The molecular formula is C14H22OS. The molecule has 0 aromatic rings. The topological polar surface area (TPSA) is 17.1 Å². The van der Waals surface area contributed by atoms with E-state index in [-0.39, 0.29) is 0 Å². The number of hydrogen-bond donors (Lipinski definition) is 0. The maximum Gasteiger partial charge on any atom is 0.156 e. The van der Waals surface area contributed by atoms with Crippen LogP contribution in [0.3, 0.4) is 0 Å². The van der Waals surface area contributed by atoms with Gasteiger partial charge in [0.2, 0.25) is 0 Å². The molecule has 0 unspecified atom stereocenters. The zero-order valence-electron chi connectivity index (χ0n) is 10.4. The number of unbranched alkanes of at least 4 members (excludes halogenated alkanes) is 2. The van der Waals surface area contributed by atoms with Crippen molar-refractivity contribution in [2.75, 3.05) is 5.75 Å². The van der Waals surface area contributed by atoms with E-state index in [4.69, 9.17) is 0 Å². The molecule has 0 amide bonds. The predicted molar refractivity (Wildman–Crippen MR) is 72.7 cm³/mol. The lowest BCUT2D eigenvalue weighted by molar-refractivity contribution is -0.104. The quantitative estimate of drug-likeness (QED) is 0.608. The van der Waals surface area contributed by atoms with Crippen molar-refractivity contribution in [1.82, 2.24) is 0 Å². The molecule has 1 heterocycles. The summed E-state index contributed by atoms with van der Waals surface area (Å²) in [5, 5.41) is 0. The number of hydrogen-bond acceptors (Lipinski definition) is 2. The van der Waals surface area contributed by atoms with Gasteiger partial charge in [0.1, 0.15) is 0 Å². The van der Waals surface area contributed by atoms with Gasteiger partial charge in [0, 0.05) is 5.75 Å². The second-order valence-electron chi connectivity index (χ2n) is 4.21. The Morgan fingerprint density at radius 3 is 2.56 bits per heavy atom. The van der Waals surface area contributed by atoms with Gasteiger partial charge in [-0.1, -0.05) is 32.8 Å². The lowest BCUT2D eigenvalue weighted by Crippen LogP contribution is -2.02. The smallest absolute Gasteiger partial charge is 0.156 e. The monoisotopic (exact) mass is 238 g/mol. The Labute approximate surface area is 103 Å². The highest BCUT2D eigenvalue weighted by Crippen LogP contribution is 2.34. The summed E-state index contributed by atoms with van der Waals surface area (Å²) in [7, 11) is 0. The summed E-state index contributed by atoms with van der Waals surface area (Å²) < 4.78 is 0. The normalized spacial score (nSPS) is 16.2. The van der Waals surface area contributed by atoms with E-state index in [0.29, 0.717) is 0 Å². The minimum Gasteiger partial charge on any atom is -0.297 e. The standard InChI is InChI=1S/C14H22OS/c1-3-5-7-12-9-10-16-14(11-15)13(12)8-6-4-2/h9,11H,3-8,10H2,1-2H3. The molecule has 1 rings (SSSR count). The average molecular weight is 238 g/mol. The van der Waals surface area contributed by atoms with Crippen LogP contribution < -0.4 is 0 Å². The van der Waals surface area contributed by atoms with Crippen molar-refractivity contribution in [2.24, 2.45) is 0 Å². The lowest BCUT2D eigenvalue weighted by atomic mass is 9.95. The van der Waals surface area contributed by atoms with Gasteiger partial charge in [0.25, 0.3) is 0 Å². The van der Waals surface area contributed by atoms with Gasteiger partial charge < -0.3 is 0 Å². The van der Waals surface area contributed by atoms with Crippen LogP contribution in [0.5, 0.6) is 0 Å². The van der Waals surface area contributed by atoms with E-state index in [1.807, 2.05) is 0 Å². The lowest BCUT2D eigenvalue weighted by Gasteiger charge is -2.19. The Bertz CT molecular complexity index is 289. The Morgan fingerprint density at radius 2 is 1.94 bits per heavy atom. The van der Waals surface area contributed by atoms with Crippen LogP contribution in [0.1, 0.15) is 52.4 Å². The Balaban J connectivity index is 2.75. The average Bonchev–Trinajstić information content (AvgIpc) is 2.33. The van der Waals surface area contributed by atoms with Crippen molar-refractivity contribution in [1.29, 1.82) is 0 Å². The molecule has 90 valence electrons. The second-order valence-corrected chi connectivity index (χ2v) is 5.27. The van der Waals surface area contributed by atoms with Gasteiger partial charge in [-0.2, -0.15) is 0 Å². The largest absolute Gasteiger partial charge is 0.297 e. The molecule has 0 saturated heterocycles. The third-order valence-corrected chi connectivity index (χ3v) is 3.93. The molecule has 0 aromatic heterocycles. The zero-order valence-corrected chi connectivity index (χ0v) is 11.2. The molecule has 1 aliphatic heterocycles. The molecule has 0 aliphatic carbocycles. The van der Waals surface area contributed by atoms with Gasteiger partial charge >= 0.3 is 0 Å². The highest BCUT2D eigenvalue weighted by molar-refractivity contribution is 8.04. The Hall–Kier alpha value is -0.500. The summed E-state index contributed by atoms with van der Waals surface area (Å²) in [5.74, 6) is 0.975. The third-order valence-electron chi connectivity index (χ3n) is 2.94. The molecular weight excluding hydrogens is 216 g/mol. The molecule has 0 aromatic carbocycles. The van der Waals surface area contributed by atoms with Crippen molar-refractivity contribution in [2.45, 2.75) is 52.4 Å². The molecule has 1 aliphatic rings. The summed E-state index contributed by atoms with van der Waals surface area (Å²) in [6, 6.07) is 0. The fraction of sp³-hybridized carbons (Fsp3) is 0.643. The van der Waals surface area contributed by atoms with Crippen LogP contribution in [0, 0.1) is 0 Å². The van der Waals surface area contributed by atoms with E-state index in [1.165, 1.54) is 36.8 Å². The molecule has 0 spiro atoms. The minimum atomic E-state index is 0.975. The van der Waals surface area contributed by atoms with Crippen molar-refractivity contribution in [3.63, 3.8) is 0 Å². The van der Waals surface area contributed by atoms with Gasteiger partial charge in [-0.25, -0.2) is 0 Å². The first-order valence-corrected chi connectivity index (χ1v) is 7.32. The predicted octanol–water partition coefficient (Wildman–Crippen LogP) is 4.49.